The van der Waals surface area contributed by atoms with E-state index in [2.05, 4.69) is 54.6 Å². The molecule has 1 aromatic rings. The lowest BCUT2D eigenvalue weighted by molar-refractivity contribution is -0.121. The highest BCUT2D eigenvalue weighted by molar-refractivity contribution is 5.55. The van der Waals surface area contributed by atoms with Gasteiger partial charge in [-0.05, 0) is 81.9 Å². The molecular formula is C31H56N6O5. The number of nitrogens with one attached hydrogen (secondary N) is 2. The van der Waals surface area contributed by atoms with E-state index in [0.29, 0.717) is 31.2 Å². The third-order valence-electron chi connectivity index (χ3n) is 6.95. The Morgan fingerprint density at radius 1 is 1.07 bits per heavy atom. The highest BCUT2D eigenvalue weighted by Gasteiger charge is 2.19. The van der Waals surface area contributed by atoms with Crippen LogP contribution in [0.15, 0.2) is 18.2 Å². The van der Waals surface area contributed by atoms with Crippen molar-refractivity contribution in [1.82, 2.24) is 20.4 Å². The summed E-state index contributed by atoms with van der Waals surface area (Å²) in [6, 6.07) is 6.75. The van der Waals surface area contributed by atoms with Crippen LogP contribution in [0.3, 0.4) is 0 Å². The van der Waals surface area contributed by atoms with Crippen LogP contribution in [0, 0.1) is 11.8 Å². The zero-order valence-electron chi connectivity index (χ0n) is 26.7. The van der Waals surface area contributed by atoms with Gasteiger partial charge in [-0.15, -0.1) is 0 Å². The highest BCUT2D eigenvalue weighted by atomic mass is 16.5. The average molecular weight is 593 g/mol. The molecule has 2 aliphatic heterocycles. The minimum absolute atomic E-state index is 0.191. The van der Waals surface area contributed by atoms with Gasteiger partial charge in [-0.3, -0.25) is 9.59 Å². The monoisotopic (exact) mass is 592 g/mol. The molecule has 1 aromatic carbocycles. The molecule has 2 aliphatic rings. The standard InChI is InChI=1S/C15H26N4.C7H11NO2.C5H12O.C4H7NO2/c1-17-11-14-5-4-13(10-15(14)19(3)16)12-6-8-18(2)9-7-12;9-5-7-1-3-8(6-10)4-2-7;1-5(2)4-6-3;6-3-1-2-5-4-7/h4-5,10,12,17H,6-9,11,16H2,1-3H3;5-7H,1-4H2;5H,4H2,1-3H3;3-4H,1-2H2,(H,5,7). The van der Waals surface area contributed by atoms with E-state index in [4.69, 9.17) is 10.6 Å². The van der Waals surface area contributed by atoms with Crippen molar-refractivity contribution in [3.8, 4) is 0 Å². The predicted molar refractivity (Wildman–Crippen MR) is 169 cm³/mol. The van der Waals surface area contributed by atoms with Crippen LogP contribution in [0.2, 0.25) is 0 Å². The summed E-state index contributed by atoms with van der Waals surface area (Å²) < 4.78 is 4.80. The number of hydrogen-bond donors (Lipinski definition) is 3. The van der Waals surface area contributed by atoms with Crippen molar-refractivity contribution in [3.63, 3.8) is 0 Å². The molecule has 42 heavy (non-hydrogen) atoms. The van der Waals surface area contributed by atoms with E-state index in [0.717, 1.165) is 63.8 Å². The van der Waals surface area contributed by atoms with Crippen molar-refractivity contribution in [3.05, 3.63) is 29.3 Å². The van der Waals surface area contributed by atoms with Crippen molar-refractivity contribution >= 4 is 31.1 Å². The molecule has 2 fully saturated rings. The maximum atomic E-state index is 10.2. The van der Waals surface area contributed by atoms with Gasteiger partial charge in [-0.25, -0.2) is 5.84 Å². The highest BCUT2D eigenvalue weighted by Crippen LogP contribution is 2.31. The van der Waals surface area contributed by atoms with E-state index in [9.17, 15) is 19.2 Å². The summed E-state index contributed by atoms with van der Waals surface area (Å²) >= 11 is 0. The van der Waals surface area contributed by atoms with Gasteiger partial charge in [0.1, 0.15) is 12.6 Å². The number of ether oxygens (including phenoxy) is 1. The van der Waals surface area contributed by atoms with Gasteiger partial charge >= 0.3 is 0 Å². The zero-order valence-corrected chi connectivity index (χ0v) is 26.7. The number of carbonyl (C=O) groups is 4. The van der Waals surface area contributed by atoms with Gasteiger partial charge in [0.15, 0.2) is 0 Å². The van der Waals surface area contributed by atoms with Crippen molar-refractivity contribution in [2.24, 2.45) is 17.7 Å². The number of carbonyl (C=O) groups excluding carboxylic acids is 4. The number of aldehydes is 2. The Labute approximate surface area is 253 Å². The average Bonchev–Trinajstić information content (AvgIpc) is 2.99. The van der Waals surface area contributed by atoms with Crippen LogP contribution in [0.1, 0.15) is 63.0 Å². The van der Waals surface area contributed by atoms with E-state index < -0.39 is 0 Å². The minimum atomic E-state index is 0.191. The molecule has 0 spiro atoms. The van der Waals surface area contributed by atoms with Gasteiger partial charge in [0.2, 0.25) is 12.8 Å². The molecule has 0 aliphatic carbocycles. The molecule has 0 aromatic heterocycles. The molecule has 0 unspecified atom stereocenters. The number of hydrazine groups is 1. The maximum Gasteiger partial charge on any atom is 0.209 e. The lowest BCUT2D eigenvalue weighted by Crippen LogP contribution is -2.32. The molecule has 0 atom stereocenters. The molecule has 3 rings (SSSR count). The largest absolute Gasteiger partial charge is 0.384 e. The van der Waals surface area contributed by atoms with E-state index >= 15 is 0 Å². The van der Waals surface area contributed by atoms with Gasteiger partial charge in [-0.1, -0.05) is 26.0 Å². The summed E-state index contributed by atoms with van der Waals surface area (Å²) in [6.45, 7) is 10.3. The molecule has 2 heterocycles. The third kappa shape index (κ3) is 17.8. The van der Waals surface area contributed by atoms with Gasteiger partial charge in [0.25, 0.3) is 0 Å². The van der Waals surface area contributed by atoms with Crippen molar-refractivity contribution in [2.45, 2.75) is 58.4 Å². The quantitative estimate of drug-likeness (QED) is 0.144. The van der Waals surface area contributed by atoms with E-state index in [1.54, 1.807) is 17.0 Å². The van der Waals surface area contributed by atoms with E-state index in [1.165, 1.54) is 37.1 Å². The Morgan fingerprint density at radius 2 is 1.71 bits per heavy atom. The molecule has 2 saturated heterocycles. The smallest absolute Gasteiger partial charge is 0.209 e. The Kier molecular flexibility index (Phi) is 23.0. The Bertz CT molecular complexity index is 830. The first-order valence-electron chi connectivity index (χ1n) is 14.9. The van der Waals surface area contributed by atoms with Crippen molar-refractivity contribution < 1.29 is 23.9 Å². The number of anilines is 1. The first-order valence-corrected chi connectivity index (χ1v) is 14.9. The Balaban J connectivity index is 0.000000612. The summed E-state index contributed by atoms with van der Waals surface area (Å²) in [5, 5.41) is 7.26. The molecule has 11 heteroatoms. The molecule has 2 amide bonds. The number of benzene rings is 1. The molecule has 0 saturated carbocycles. The van der Waals surface area contributed by atoms with Crippen LogP contribution in [-0.2, 0) is 30.5 Å². The van der Waals surface area contributed by atoms with Gasteiger partial charge in [0.05, 0.1) is 5.69 Å². The number of piperidine rings is 2. The second-order valence-electron chi connectivity index (χ2n) is 11.1. The Hall–Kier alpha value is -2.86. The number of rotatable bonds is 12. The van der Waals surface area contributed by atoms with Gasteiger partial charge in [-0.2, -0.15) is 0 Å². The number of amides is 2. The molecular weight excluding hydrogens is 536 g/mol. The minimum Gasteiger partial charge on any atom is -0.384 e. The summed E-state index contributed by atoms with van der Waals surface area (Å²) in [6.07, 6.45) is 7.73. The Morgan fingerprint density at radius 3 is 2.14 bits per heavy atom. The number of methoxy groups -OCH3 is 1. The summed E-state index contributed by atoms with van der Waals surface area (Å²) in [5.74, 6) is 7.51. The first kappa shape index (κ1) is 39.1. The van der Waals surface area contributed by atoms with Crippen molar-refractivity contribution in [2.75, 3.05) is 72.6 Å². The van der Waals surface area contributed by atoms with Crippen molar-refractivity contribution in [1.29, 1.82) is 0 Å². The molecule has 4 N–H and O–H groups in total. The van der Waals surface area contributed by atoms with Crippen LogP contribution >= 0.6 is 0 Å². The lowest BCUT2D eigenvalue weighted by Gasteiger charge is -2.30. The van der Waals surface area contributed by atoms with E-state index in [-0.39, 0.29) is 5.92 Å². The fourth-order valence-electron chi connectivity index (χ4n) is 4.54. The SMILES string of the molecule is CNCc1ccc(C2CCN(C)CC2)cc1N(C)N.COCC(C)C.O=CC1CCN(C=O)CC1.O=CCCNC=O. The number of nitrogens with zero attached hydrogens (tertiary/aromatic N) is 3. The second kappa shape index (κ2) is 24.7. The number of hydrogen-bond acceptors (Lipinski definition) is 9. The van der Waals surface area contributed by atoms with Gasteiger partial charge < -0.3 is 39.8 Å². The number of nitrogens with two attached hydrogens (primary N) is 1. The molecule has 0 bridgehead atoms. The topological polar surface area (TPSA) is 137 Å². The fraction of sp³-hybridized carbons (Fsp3) is 0.677. The van der Waals surface area contributed by atoms with Crippen LogP contribution in [0.5, 0.6) is 0 Å². The predicted octanol–water partition coefficient (Wildman–Crippen LogP) is 2.19. The summed E-state index contributed by atoms with van der Waals surface area (Å²) in [7, 11) is 7.80. The van der Waals surface area contributed by atoms with Crippen LogP contribution in [-0.4, -0.2) is 103 Å². The zero-order chi connectivity index (χ0) is 31.8. The molecule has 0 radical (unpaired) electrons. The first-order chi connectivity index (χ1) is 20.2. The lowest BCUT2D eigenvalue weighted by atomic mass is 9.88. The van der Waals surface area contributed by atoms with Gasteiger partial charge in [0, 0.05) is 59.3 Å². The second-order valence-corrected chi connectivity index (χ2v) is 11.1. The summed E-state index contributed by atoms with van der Waals surface area (Å²) in [5.41, 5.74) is 3.82. The van der Waals surface area contributed by atoms with E-state index in [1.807, 2.05) is 14.1 Å². The maximum absolute atomic E-state index is 10.2. The fourth-order valence-corrected chi connectivity index (χ4v) is 4.54. The molecule has 240 valence electrons. The van der Waals surface area contributed by atoms with Crippen LogP contribution in [0.4, 0.5) is 5.69 Å². The summed E-state index contributed by atoms with van der Waals surface area (Å²) in [4.78, 5) is 43.5. The molecule has 11 nitrogen and oxygen atoms in total. The number of likely N-dealkylation sites (tertiary alicyclic amines) is 2. The third-order valence-corrected chi connectivity index (χ3v) is 6.95. The normalized spacial score (nSPS) is 15.6. The van der Waals surface area contributed by atoms with Crippen LogP contribution in [0.25, 0.3) is 0 Å². The van der Waals surface area contributed by atoms with Crippen LogP contribution < -0.4 is 21.5 Å².